The average molecular weight is 279 g/mol. The monoisotopic (exact) mass is 278 g/mol. The van der Waals surface area contributed by atoms with E-state index in [0.29, 0.717) is 12.3 Å². The Labute approximate surface area is 118 Å². The van der Waals surface area contributed by atoms with Gasteiger partial charge >= 0.3 is 0 Å². The zero-order valence-electron chi connectivity index (χ0n) is 11.5. The molecule has 0 aliphatic carbocycles. The highest BCUT2D eigenvalue weighted by Crippen LogP contribution is 2.30. The smallest absolute Gasteiger partial charge is 0.225 e. The van der Waals surface area contributed by atoms with E-state index in [2.05, 4.69) is 37.1 Å². The largest absolute Gasteiger partial charge is 0.358 e. The maximum absolute atomic E-state index is 11.7. The number of aromatic nitrogens is 1. The number of carbonyl (C=O) groups is 1. The number of H-pyrrole nitrogens is 1. The van der Waals surface area contributed by atoms with Gasteiger partial charge in [-0.25, -0.2) is 0 Å². The summed E-state index contributed by atoms with van der Waals surface area (Å²) in [6.45, 7) is 6.47. The van der Waals surface area contributed by atoms with E-state index in [0.717, 1.165) is 22.3 Å². The van der Waals surface area contributed by atoms with Gasteiger partial charge in [0.15, 0.2) is 0 Å². The topological polar surface area (TPSA) is 44.9 Å². The summed E-state index contributed by atoms with van der Waals surface area (Å²) < 4.78 is 0. The van der Waals surface area contributed by atoms with Crippen molar-refractivity contribution in [2.24, 2.45) is 0 Å². The van der Waals surface area contributed by atoms with E-state index in [4.69, 9.17) is 11.6 Å². The van der Waals surface area contributed by atoms with Gasteiger partial charge in [0.1, 0.15) is 0 Å². The highest BCUT2D eigenvalue weighted by Gasteiger charge is 2.17. The molecule has 0 radical (unpaired) electrons. The number of alkyl halides is 1. The first-order valence-electron chi connectivity index (χ1n) is 6.40. The first kappa shape index (κ1) is 13.9. The van der Waals surface area contributed by atoms with Crippen LogP contribution in [-0.2, 0) is 10.2 Å². The number of halogens is 1. The van der Waals surface area contributed by atoms with Crippen molar-refractivity contribution in [1.29, 1.82) is 0 Å². The lowest BCUT2D eigenvalue weighted by atomic mass is 9.92. The molecule has 1 aromatic heterocycles. The van der Waals surface area contributed by atoms with E-state index in [1.54, 1.807) is 0 Å². The third-order valence-electron chi connectivity index (χ3n) is 3.07. The lowest BCUT2D eigenvalue weighted by Crippen LogP contribution is -2.11. The molecule has 0 fully saturated rings. The molecule has 0 saturated heterocycles. The zero-order valence-corrected chi connectivity index (χ0v) is 12.3. The van der Waals surface area contributed by atoms with E-state index in [9.17, 15) is 4.79 Å². The lowest BCUT2D eigenvalue weighted by Gasteiger charge is -2.15. The van der Waals surface area contributed by atoms with E-state index in [-0.39, 0.29) is 11.3 Å². The Balaban J connectivity index is 2.40. The van der Waals surface area contributed by atoms with Gasteiger partial charge in [0.2, 0.25) is 5.91 Å². The molecule has 102 valence electrons. The fourth-order valence-corrected chi connectivity index (χ4v) is 2.14. The minimum absolute atomic E-state index is 0.0520. The average Bonchev–Trinajstić information content (AvgIpc) is 2.74. The summed E-state index contributed by atoms with van der Waals surface area (Å²) in [6.07, 6.45) is 0.328. The molecule has 1 heterocycles. The molecule has 0 saturated carbocycles. The van der Waals surface area contributed by atoms with Gasteiger partial charge in [0, 0.05) is 34.3 Å². The van der Waals surface area contributed by atoms with Crippen molar-refractivity contribution >= 4 is 34.1 Å². The third-order valence-corrected chi connectivity index (χ3v) is 3.26. The lowest BCUT2D eigenvalue weighted by molar-refractivity contribution is -0.115. The van der Waals surface area contributed by atoms with Gasteiger partial charge in [0.25, 0.3) is 0 Å². The SMILES string of the molecule is CC(C)(C)c1cc2c(NC(=O)CCCl)cccc2[nH]1. The summed E-state index contributed by atoms with van der Waals surface area (Å²) in [6, 6.07) is 7.96. The molecule has 0 atom stereocenters. The summed E-state index contributed by atoms with van der Waals surface area (Å²) in [4.78, 5) is 15.1. The molecular formula is C15H19ClN2O. The normalized spacial score (nSPS) is 11.8. The summed E-state index contributed by atoms with van der Waals surface area (Å²) in [7, 11) is 0. The molecular weight excluding hydrogens is 260 g/mol. The van der Waals surface area contributed by atoms with Crippen molar-refractivity contribution in [3.8, 4) is 0 Å². The fourth-order valence-electron chi connectivity index (χ4n) is 1.97. The highest BCUT2D eigenvalue weighted by atomic mass is 35.5. The maximum Gasteiger partial charge on any atom is 0.225 e. The van der Waals surface area contributed by atoms with Crippen LogP contribution in [0.4, 0.5) is 5.69 Å². The van der Waals surface area contributed by atoms with Crippen LogP contribution in [0.3, 0.4) is 0 Å². The molecule has 0 aliphatic heterocycles. The van der Waals surface area contributed by atoms with Crippen LogP contribution >= 0.6 is 11.6 Å². The molecule has 19 heavy (non-hydrogen) atoms. The molecule has 0 spiro atoms. The Morgan fingerprint density at radius 2 is 2.11 bits per heavy atom. The number of carbonyl (C=O) groups excluding carboxylic acids is 1. The zero-order chi connectivity index (χ0) is 14.0. The molecule has 1 aromatic carbocycles. The highest BCUT2D eigenvalue weighted by molar-refractivity contribution is 6.19. The first-order valence-corrected chi connectivity index (χ1v) is 6.93. The molecule has 2 aromatic rings. The van der Waals surface area contributed by atoms with Gasteiger partial charge in [-0.15, -0.1) is 11.6 Å². The van der Waals surface area contributed by atoms with Gasteiger partial charge in [0.05, 0.1) is 5.69 Å². The van der Waals surface area contributed by atoms with Crippen LogP contribution in [0, 0.1) is 0 Å². The van der Waals surface area contributed by atoms with E-state index >= 15 is 0 Å². The minimum atomic E-state index is -0.0546. The van der Waals surface area contributed by atoms with Crippen LogP contribution in [-0.4, -0.2) is 16.8 Å². The summed E-state index contributed by atoms with van der Waals surface area (Å²) in [5.41, 5.74) is 3.07. The Morgan fingerprint density at radius 1 is 1.37 bits per heavy atom. The third kappa shape index (κ3) is 3.10. The van der Waals surface area contributed by atoms with Crippen molar-refractivity contribution in [2.75, 3.05) is 11.2 Å². The number of anilines is 1. The van der Waals surface area contributed by atoms with E-state index in [1.165, 1.54) is 0 Å². The second-order valence-electron chi connectivity index (χ2n) is 5.69. The standard InChI is InChI=1S/C15H19ClN2O/c1-15(2,3)13-9-10-11(17-13)5-4-6-12(10)18-14(19)7-8-16/h4-6,9,17H,7-8H2,1-3H3,(H,18,19). The van der Waals surface area contributed by atoms with Crippen molar-refractivity contribution in [1.82, 2.24) is 4.98 Å². The second-order valence-corrected chi connectivity index (χ2v) is 6.06. The van der Waals surface area contributed by atoms with Gasteiger partial charge in [-0.2, -0.15) is 0 Å². The van der Waals surface area contributed by atoms with Crippen molar-refractivity contribution < 1.29 is 4.79 Å². The molecule has 1 amide bonds. The molecule has 4 heteroatoms. The molecule has 2 rings (SSSR count). The van der Waals surface area contributed by atoms with Crippen LogP contribution in [0.25, 0.3) is 10.9 Å². The quantitative estimate of drug-likeness (QED) is 0.818. The van der Waals surface area contributed by atoms with Crippen LogP contribution in [0.15, 0.2) is 24.3 Å². The van der Waals surface area contributed by atoms with Crippen LogP contribution in [0.2, 0.25) is 0 Å². The Bertz CT molecular complexity index is 596. The number of rotatable bonds is 3. The van der Waals surface area contributed by atoms with E-state index < -0.39 is 0 Å². The van der Waals surface area contributed by atoms with Gasteiger partial charge in [-0.05, 0) is 18.2 Å². The predicted octanol–water partition coefficient (Wildman–Crippen LogP) is 4.03. The number of hydrogen-bond donors (Lipinski definition) is 2. The number of benzene rings is 1. The molecule has 2 N–H and O–H groups in total. The van der Waals surface area contributed by atoms with Crippen LogP contribution < -0.4 is 5.32 Å². The molecule has 3 nitrogen and oxygen atoms in total. The summed E-state index contributed by atoms with van der Waals surface area (Å²) in [5, 5.41) is 3.94. The number of aromatic amines is 1. The predicted molar refractivity (Wildman–Crippen MR) is 81.0 cm³/mol. The van der Waals surface area contributed by atoms with Crippen molar-refractivity contribution in [3.63, 3.8) is 0 Å². The Kier molecular flexibility index (Phi) is 3.85. The minimum Gasteiger partial charge on any atom is -0.358 e. The number of nitrogens with one attached hydrogen (secondary N) is 2. The van der Waals surface area contributed by atoms with Gasteiger partial charge in [-0.3, -0.25) is 4.79 Å². The first-order chi connectivity index (χ1) is 8.91. The van der Waals surface area contributed by atoms with Gasteiger partial charge < -0.3 is 10.3 Å². The number of fused-ring (bicyclic) bond motifs is 1. The van der Waals surface area contributed by atoms with Crippen molar-refractivity contribution in [3.05, 3.63) is 30.0 Å². The maximum atomic E-state index is 11.7. The summed E-state index contributed by atoms with van der Waals surface area (Å²) >= 11 is 5.58. The van der Waals surface area contributed by atoms with E-state index in [1.807, 2.05) is 18.2 Å². The molecule has 0 bridgehead atoms. The van der Waals surface area contributed by atoms with Crippen molar-refractivity contribution in [2.45, 2.75) is 32.6 Å². The van der Waals surface area contributed by atoms with Crippen LogP contribution in [0.1, 0.15) is 32.9 Å². The number of amides is 1. The van der Waals surface area contributed by atoms with Gasteiger partial charge in [-0.1, -0.05) is 26.8 Å². The van der Waals surface area contributed by atoms with Crippen LogP contribution in [0.5, 0.6) is 0 Å². The Morgan fingerprint density at radius 3 is 2.74 bits per heavy atom. The molecule has 0 aliphatic rings. The Hall–Kier alpha value is -1.48. The molecule has 0 unspecified atom stereocenters. The number of hydrogen-bond acceptors (Lipinski definition) is 1. The fraction of sp³-hybridized carbons (Fsp3) is 0.400. The second kappa shape index (κ2) is 5.25. The summed E-state index contributed by atoms with van der Waals surface area (Å²) in [5.74, 6) is 0.281.